The topological polar surface area (TPSA) is 30.5 Å². The number of para-hydroxylation sites is 1. The normalized spacial score (nSPS) is 12.6. The smallest absolute Gasteiger partial charge is 0.167 e. The van der Waals surface area contributed by atoms with Crippen LogP contribution < -0.4 is 14.8 Å². The lowest BCUT2D eigenvalue weighted by Gasteiger charge is -2.12. The molecule has 0 aliphatic heterocycles. The van der Waals surface area contributed by atoms with Gasteiger partial charge in [-0.15, -0.1) is 0 Å². The Morgan fingerprint density at radius 2 is 2.11 bits per heavy atom. The Morgan fingerprint density at radius 1 is 1.32 bits per heavy atom. The molecule has 0 aliphatic carbocycles. The number of rotatable bonds is 8. The largest absolute Gasteiger partial charge is 0.492 e. The van der Waals surface area contributed by atoms with Crippen molar-refractivity contribution < 1.29 is 9.47 Å². The van der Waals surface area contributed by atoms with Crippen LogP contribution in [0, 0.1) is 0 Å². The van der Waals surface area contributed by atoms with Crippen LogP contribution in [-0.4, -0.2) is 26.3 Å². The van der Waals surface area contributed by atoms with E-state index in [2.05, 4.69) is 31.3 Å². The molecule has 106 valence electrons. The number of nitrogens with one attached hydrogen (secondary N) is 1. The second-order valence-corrected chi connectivity index (χ2v) is 4.41. The van der Waals surface area contributed by atoms with Gasteiger partial charge < -0.3 is 14.8 Å². The van der Waals surface area contributed by atoms with Crippen LogP contribution in [0.25, 0.3) is 6.08 Å². The monoisotopic (exact) mass is 263 g/mol. The van der Waals surface area contributed by atoms with Crippen LogP contribution in [0.4, 0.5) is 0 Å². The summed E-state index contributed by atoms with van der Waals surface area (Å²) >= 11 is 0. The van der Waals surface area contributed by atoms with Crippen LogP contribution in [-0.2, 0) is 0 Å². The molecule has 0 spiro atoms. The van der Waals surface area contributed by atoms with Gasteiger partial charge in [0.1, 0.15) is 0 Å². The molecule has 0 amide bonds. The Morgan fingerprint density at radius 3 is 2.74 bits per heavy atom. The van der Waals surface area contributed by atoms with Crippen molar-refractivity contribution in [1.82, 2.24) is 5.32 Å². The van der Waals surface area contributed by atoms with E-state index in [1.54, 1.807) is 7.11 Å². The maximum absolute atomic E-state index is 5.57. The Hall–Kier alpha value is -1.48. The molecule has 0 bridgehead atoms. The van der Waals surface area contributed by atoms with Gasteiger partial charge in [-0.1, -0.05) is 31.2 Å². The summed E-state index contributed by atoms with van der Waals surface area (Å²) in [6.45, 7) is 7.95. The van der Waals surface area contributed by atoms with Crippen LogP contribution in [0.2, 0.25) is 0 Å². The summed E-state index contributed by atoms with van der Waals surface area (Å²) in [6, 6.07) is 6.29. The summed E-state index contributed by atoms with van der Waals surface area (Å²) in [5, 5.41) is 3.42. The third-order valence-corrected chi connectivity index (χ3v) is 2.79. The highest BCUT2D eigenvalue weighted by atomic mass is 16.5. The molecule has 0 fully saturated rings. The van der Waals surface area contributed by atoms with Gasteiger partial charge in [-0.25, -0.2) is 0 Å². The fraction of sp³-hybridized carbons (Fsp3) is 0.500. The molecule has 0 heterocycles. The zero-order chi connectivity index (χ0) is 14.1. The molecule has 0 aromatic heterocycles. The highest BCUT2D eigenvalue weighted by molar-refractivity contribution is 5.62. The quantitative estimate of drug-likeness (QED) is 0.778. The van der Waals surface area contributed by atoms with E-state index >= 15 is 0 Å². The first-order valence-corrected chi connectivity index (χ1v) is 6.94. The molecule has 1 aromatic carbocycles. The standard InChI is InChI=1S/C16H25NO2/c1-5-12-17-13(3)10-11-14-8-7-9-15(19-6-2)16(14)18-4/h7-11,13,17H,5-6,12H2,1-4H3/b11-10+. The molecule has 3 heteroatoms. The molecule has 1 unspecified atom stereocenters. The van der Waals surface area contributed by atoms with E-state index in [0.717, 1.165) is 30.0 Å². The molecule has 1 atom stereocenters. The van der Waals surface area contributed by atoms with E-state index < -0.39 is 0 Å². The second-order valence-electron chi connectivity index (χ2n) is 4.41. The van der Waals surface area contributed by atoms with Gasteiger partial charge in [0.05, 0.1) is 13.7 Å². The fourth-order valence-electron chi connectivity index (χ4n) is 1.84. The summed E-state index contributed by atoms with van der Waals surface area (Å²) in [5.41, 5.74) is 1.04. The minimum atomic E-state index is 0.348. The highest BCUT2D eigenvalue weighted by Crippen LogP contribution is 2.31. The van der Waals surface area contributed by atoms with Crippen LogP contribution in [0.3, 0.4) is 0 Å². The number of ether oxygens (including phenoxy) is 2. The summed E-state index contributed by atoms with van der Waals surface area (Å²) in [7, 11) is 1.67. The van der Waals surface area contributed by atoms with Gasteiger partial charge in [0.25, 0.3) is 0 Å². The average Bonchev–Trinajstić information content (AvgIpc) is 2.43. The van der Waals surface area contributed by atoms with Crippen molar-refractivity contribution in [2.45, 2.75) is 33.2 Å². The predicted molar refractivity (Wildman–Crippen MR) is 81.0 cm³/mol. The minimum Gasteiger partial charge on any atom is -0.492 e. The number of methoxy groups -OCH3 is 1. The molecular weight excluding hydrogens is 238 g/mol. The zero-order valence-corrected chi connectivity index (χ0v) is 12.4. The molecule has 0 saturated heterocycles. The first-order valence-electron chi connectivity index (χ1n) is 6.94. The predicted octanol–water partition coefficient (Wildman–Crippen LogP) is 3.50. The van der Waals surface area contributed by atoms with Gasteiger partial charge in [-0.2, -0.15) is 0 Å². The Balaban J connectivity index is 2.82. The molecule has 0 radical (unpaired) electrons. The first kappa shape index (κ1) is 15.6. The van der Waals surface area contributed by atoms with Gasteiger partial charge in [-0.3, -0.25) is 0 Å². The van der Waals surface area contributed by atoms with Gasteiger partial charge in [0, 0.05) is 11.6 Å². The van der Waals surface area contributed by atoms with Crippen molar-refractivity contribution in [2.75, 3.05) is 20.3 Å². The van der Waals surface area contributed by atoms with Crippen molar-refractivity contribution in [3.05, 3.63) is 29.8 Å². The van der Waals surface area contributed by atoms with Gasteiger partial charge in [-0.05, 0) is 32.9 Å². The van der Waals surface area contributed by atoms with Crippen LogP contribution in [0.1, 0.15) is 32.8 Å². The molecule has 3 nitrogen and oxygen atoms in total. The number of hydrogen-bond acceptors (Lipinski definition) is 3. The van der Waals surface area contributed by atoms with E-state index in [1.807, 2.05) is 25.1 Å². The molecule has 19 heavy (non-hydrogen) atoms. The maximum atomic E-state index is 5.57. The van der Waals surface area contributed by atoms with Crippen LogP contribution in [0.15, 0.2) is 24.3 Å². The fourth-order valence-corrected chi connectivity index (χ4v) is 1.84. The van der Waals surface area contributed by atoms with E-state index in [1.165, 1.54) is 0 Å². The number of benzene rings is 1. The highest BCUT2D eigenvalue weighted by Gasteiger charge is 2.07. The average molecular weight is 263 g/mol. The molecule has 1 aromatic rings. The molecule has 0 saturated carbocycles. The van der Waals surface area contributed by atoms with Gasteiger partial charge >= 0.3 is 0 Å². The van der Waals surface area contributed by atoms with E-state index in [9.17, 15) is 0 Å². The summed E-state index contributed by atoms with van der Waals surface area (Å²) in [6.07, 6.45) is 5.36. The maximum Gasteiger partial charge on any atom is 0.167 e. The lowest BCUT2D eigenvalue weighted by Crippen LogP contribution is -2.24. The summed E-state index contributed by atoms with van der Waals surface area (Å²) < 4.78 is 11.0. The van der Waals surface area contributed by atoms with Crippen LogP contribution >= 0.6 is 0 Å². The molecule has 1 rings (SSSR count). The molecule has 1 N–H and O–H groups in total. The Bertz CT molecular complexity index is 402. The SMILES string of the molecule is CCCNC(C)/C=C/c1cccc(OCC)c1OC. The Labute approximate surface area is 116 Å². The Kier molecular flexibility index (Phi) is 7.04. The van der Waals surface area contributed by atoms with Gasteiger partial charge in [0.15, 0.2) is 11.5 Å². The lowest BCUT2D eigenvalue weighted by atomic mass is 10.1. The second kappa shape index (κ2) is 8.59. The third-order valence-electron chi connectivity index (χ3n) is 2.79. The molecule has 0 aliphatic rings. The van der Waals surface area contributed by atoms with Crippen molar-refractivity contribution in [2.24, 2.45) is 0 Å². The van der Waals surface area contributed by atoms with Crippen molar-refractivity contribution in [1.29, 1.82) is 0 Å². The van der Waals surface area contributed by atoms with E-state index in [4.69, 9.17) is 9.47 Å². The molecular formula is C16H25NO2. The number of hydrogen-bond donors (Lipinski definition) is 1. The van der Waals surface area contributed by atoms with Crippen molar-refractivity contribution >= 4 is 6.08 Å². The summed E-state index contributed by atoms with van der Waals surface area (Å²) in [5.74, 6) is 1.59. The van der Waals surface area contributed by atoms with E-state index in [0.29, 0.717) is 12.6 Å². The van der Waals surface area contributed by atoms with E-state index in [-0.39, 0.29) is 0 Å². The minimum absolute atomic E-state index is 0.348. The van der Waals surface area contributed by atoms with Crippen molar-refractivity contribution in [3.8, 4) is 11.5 Å². The van der Waals surface area contributed by atoms with Crippen molar-refractivity contribution in [3.63, 3.8) is 0 Å². The summed E-state index contributed by atoms with van der Waals surface area (Å²) in [4.78, 5) is 0. The van der Waals surface area contributed by atoms with Gasteiger partial charge in [0.2, 0.25) is 0 Å². The zero-order valence-electron chi connectivity index (χ0n) is 12.4. The first-order chi connectivity index (χ1) is 9.22. The van der Waals surface area contributed by atoms with Crippen LogP contribution in [0.5, 0.6) is 11.5 Å². The lowest BCUT2D eigenvalue weighted by molar-refractivity contribution is 0.310. The third kappa shape index (κ3) is 4.95.